The van der Waals surface area contributed by atoms with Crippen LogP contribution in [0.1, 0.15) is 30.0 Å². The van der Waals surface area contributed by atoms with E-state index < -0.39 is 11.6 Å². The first kappa shape index (κ1) is 12.4. The number of carbonyl (C=O) groups is 1. The molecular formula is C13H13F3N2O. The van der Waals surface area contributed by atoms with Gasteiger partial charge in [-0.25, -0.2) is 0 Å². The van der Waals surface area contributed by atoms with Crippen LogP contribution in [-0.2, 0) is 10.2 Å². The Hall–Kier alpha value is -1.59. The van der Waals surface area contributed by atoms with Crippen LogP contribution in [0.5, 0.6) is 0 Å². The molecule has 6 heteroatoms. The Morgan fingerprint density at radius 1 is 1.32 bits per heavy atom. The molecule has 2 heterocycles. The molecule has 1 aromatic heterocycles. The van der Waals surface area contributed by atoms with Gasteiger partial charge in [-0.3, -0.25) is 9.78 Å². The summed E-state index contributed by atoms with van der Waals surface area (Å²) in [5.41, 5.74) is -0.685. The normalized spacial score (nSPS) is 21.9. The molecule has 1 saturated carbocycles. The number of amides is 1. The van der Waals surface area contributed by atoms with Crippen molar-refractivity contribution in [1.82, 2.24) is 9.88 Å². The highest BCUT2D eigenvalue weighted by Crippen LogP contribution is 2.58. The highest BCUT2D eigenvalue weighted by atomic mass is 19.4. The fourth-order valence-corrected chi connectivity index (χ4v) is 2.55. The monoisotopic (exact) mass is 270 g/mol. The third-order valence-electron chi connectivity index (χ3n) is 4.10. The van der Waals surface area contributed by atoms with Crippen molar-refractivity contribution in [3.63, 3.8) is 0 Å². The number of pyridine rings is 1. The number of carbonyl (C=O) groups excluding carboxylic acids is 1. The lowest BCUT2D eigenvalue weighted by atomic mass is 9.92. The molecule has 3 nitrogen and oxygen atoms in total. The summed E-state index contributed by atoms with van der Waals surface area (Å²) in [6.45, 7) is 1.24. The van der Waals surface area contributed by atoms with Crippen molar-refractivity contribution in [2.75, 3.05) is 13.1 Å². The van der Waals surface area contributed by atoms with Crippen LogP contribution in [0.3, 0.4) is 0 Å². The Morgan fingerprint density at radius 2 is 2.00 bits per heavy atom. The summed E-state index contributed by atoms with van der Waals surface area (Å²) in [5.74, 6) is 0.202. The average molecular weight is 270 g/mol. The molecule has 1 saturated heterocycles. The summed E-state index contributed by atoms with van der Waals surface area (Å²) in [6.07, 6.45) is -1.65. The highest BCUT2D eigenvalue weighted by molar-refractivity contribution is 5.50. The molecule has 1 aliphatic heterocycles. The van der Waals surface area contributed by atoms with Crippen molar-refractivity contribution >= 4 is 6.41 Å². The molecular weight excluding hydrogens is 257 g/mol. The molecule has 102 valence electrons. The van der Waals surface area contributed by atoms with E-state index in [1.165, 1.54) is 12.3 Å². The van der Waals surface area contributed by atoms with Gasteiger partial charge in [-0.1, -0.05) is 6.07 Å². The largest absolute Gasteiger partial charge is 0.399 e. The lowest BCUT2D eigenvalue weighted by Crippen LogP contribution is -2.43. The summed E-state index contributed by atoms with van der Waals surface area (Å²) < 4.78 is 38.8. The van der Waals surface area contributed by atoms with Crippen LogP contribution in [0.15, 0.2) is 18.3 Å². The molecule has 3 rings (SSSR count). The Labute approximate surface area is 108 Å². The van der Waals surface area contributed by atoms with E-state index in [4.69, 9.17) is 0 Å². The van der Waals surface area contributed by atoms with Crippen LogP contribution in [0.25, 0.3) is 0 Å². The SMILES string of the molecule is O=CN1CC(c2ccc(C3(C(F)(F)F)CC3)nc2)C1. The molecule has 19 heavy (non-hydrogen) atoms. The number of nitrogens with zero attached hydrogens (tertiary/aromatic N) is 2. The maximum absolute atomic E-state index is 12.9. The lowest BCUT2D eigenvalue weighted by molar-refractivity contribution is -0.161. The first-order valence-corrected chi connectivity index (χ1v) is 6.19. The van der Waals surface area contributed by atoms with E-state index in [9.17, 15) is 18.0 Å². The van der Waals surface area contributed by atoms with E-state index in [1.807, 2.05) is 0 Å². The van der Waals surface area contributed by atoms with Gasteiger partial charge in [0.25, 0.3) is 0 Å². The third-order valence-corrected chi connectivity index (χ3v) is 4.10. The van der Waals surface area contributed by atoms with Crippen LogP contribution < -0.4 is 0 Å². The van der Waals surface area contributed by atoms with Gasteiger partial charge in [-0.2, -0.15) is 13.2 Å². The van der Waals surface area contributed by atoms with Gasteiger partial charge in [0.15, 0.2) is 0 Å². The fraction of sp³-hybridized carbons (Fsp3) is 0.538. The quantitative estimate of drug-likeness (QED) is 0.789. The first-order chi connectivity index (χ1) is 8.96. The van der Waals surface area contributed by atoms with Gasteiger partial charge >= 0.3 is 6.18 Å². The molecule has 0 radical (unpaired) electrons. The van der Waals surface area contributed by atoms with Gasteiger partial charge < -0.3 is 4.90 Å². The topological polar surface area (TPSA) is 33.2 Å². The zero-order valence-corrected chi connectivity index (χ0v) is 10.2. The van der Waals surface area contributed by atoms with Crippen LogP contribution in [0, 0.1) is 0 Å². The number of aromatic nitrogens is 1. The Balaban J connectivity index is 1.75. The molecule has 1 aromatic rings. The zero-order chi connectivity index (χ0) is 13.7. The predicted molar refractivity (Wildman–Crippen MR) is 61.6 cm³/mol. The number of hydrogen-bond donors (Lipinski definition) is 0. The predicted octanol–water partition coefficient (Wildman–Crippen LogP) is 2.23. The van der Waals surface area contributed by atoms with Crippen LogP contribution in [0.2, 0.25) is 0 Å². The summed E-state index contributed by atoms with van der Waals surface area (Å²) in [4.78, 5) is 16.1. The van der Waals surface area contributed by atoms with Crippen molar-refractivity contribution in [2.24, 2.45) is 0 Å². The number of rotatable bonds is 3. The van der Waals surface area contributed by atoms with E-state index in [-0.39, 0.29) is 24.5 Å². The van der Waals surface area contributed by atoms with Crippen molar-refractivity contribution < 1.29 is 18.0 Å². The molecule has 0 spiro atoms. The van der Waals surface area contributed by atoms with E-state index in [0.717, 1.165) is 12.0 Å². The van der Waals surface area contributed by atoms with Crippen molar-refractivity contribution in [1.29, 1.82) is 0 Å². The van der Waals surface area contributed by atoms with Gasteiger partial charge in [-0.15, -0.1) is 0 Å². The van der Waals surface area contributed by atoms with E-state index >= 15 is 0 Å². The number of hydrogen-bond acceptors (Lipinski definition) is 2. The van der Waals surface area contributed by atoms with Crippen molar-refractivity contribution in [3.05, 3.63) is 29.6 Å². The highest BCUT2D eigenvalue weighted by Gasteiger charge is 2.65. The second-order valence-electron chi connectivity index (χ2n) is 5.31. The number of likely N-dealkylation sites (tertiary alicyclic amines) is 1. The Kier molecular flexibility index (Phi) is 2.59. The molecule has 0 unspecified atom stereocenters. The van der Waals surface area contributed by atoms with E-state index in [2.05, 4.69) is 4.98 Å². The van der Waals surface area contributed by atoms with Gasteiger partial charge in [0.1, 0.15) is 5.41 Å². The van der Waals surface area contributed by atoms with Gasteiger partial charge in [0, 0.05) is 25.2 Å². The maximum atomic E-state index is 12.9. The smallest absolute Gasteiger partial charge is 0.344 e. The van der Waals surface area contributed by atoms with Crippen LogP contribution >= 0.6 is 0 Å². The van der Waals surface area contributed by atoms with Gasteiger partial charge in [-0.05, 0) is 24.5 Å². The lowest BCUT2D eigenvalue weighted by Gasteiger charge is -2.36. The zero-order valence-electron chi connectivity index (χ0n) is 10.2. The fourth-order valence-electron chi connectivity index (χ4n) is 2.55. The Bertz CT molecular complexity index is 488. The minimum absolute atomic E-state index is 0.121. The second kappa shape index (κ2) is 3.95. The third kappa shape index (κ3) is 1.89. The molecule has 0 N–H and O–H groups in total. The summed E-state index contributed by atoms with van der Waals surface area (Å²) in [7, 11) is 0. The second-order valence-corrected chi connectivity index (χ2v) is 5.31. The maximum Gasteiger partial charge on any atom is 0.399 e. The van der Waals surface area contributed by atoms with Crippen LogP contribution in [0.4, 0.5) is 13.2 Å². The summed E-state index contributed by atoms with van der Waals surface area (Å²) >= 11 is 0. The minimum atomic E-state index is -4.22. The molecule has 1 amide bonds. The standard InChI is InChI=1S/C13H13F3N2O/c14-13(15,16)12(3-4-12)11-2-1-9(5-17-11)10-6-18(7-10)8-19/h1-2,5,8,10H,3-4,6-7H2. The summed E-state index contributed by atoms with van der Waals surface area (Å²) in [5, 5.41) is 0. The average Bonchev–Trinajstić information content (AvgIpc) is 3.09. The first-order valence-electron chi connectivity index (χ1n) is 6.19. The van der Waals surface area contributed by atoms with E-state index in [1.54, 1.807) is 11.0 Å². The van der Waals surface area contributed by atoms with Crippen molar-refractivity contribution in [2.45, 2.75) is 30.4 Å². The van der Waals surface area contributed by atoms with Crippen LogP contribution in [-0.4, -0.2) is 35.6 Å². The Morgan fingerprint density at radius 3 is 2.42 bits per heavy atom. The van der Waals surface area contributed by atoms with E-state index in [0.29, 0.717) is 13.1 Å². The minimum Gasteiger partial charge on any atom is -0.344 e. The number of alkyl halides is 3. The molecule has 2 fully saturated rings. The molecule has 1 aliphatic carbocycles. The van der Waals surface area contributed by atoms with Crippen molar-refractivity contribution in [3.8, 4) is 0 Å². The number of halogens is 3. The molecule has 0 aromatic carbocycles. The molecule has 2 aliphatic rings. The summed E-state index contributed by atoms with van der Waals surface area (Å²) in [6, 6.07) is 3.19. The van der Waals surface area contributed by atoms with Gasteiger partial charge in [0.2, 0.25) is 6.41 Å². The molecule has 0 bridgehead atoms. The van der Waals surface area contributed by atoms with Gasteiger partial charge in [0.05, 0.1) is 5.69 Å². The molecule has 0 atom stereocenters.